The standard InChI is InChI=1S/C14H17N/c1-5-8-12(3)15-13(4)14-10-7-6-9-11(14)2/h5-10H,1H2,2-4H3/b12-8+,15-13?. The van der Waals surface area contributed by atoms with Crippen LogP contribution in [0.1, 0.15) is 25.0 Å². The molecule has 1 aromatic carbocycles. The highest BCUT2D eigenvalue weighted by Gasteiger charge is 1.99. The van der Waals surface area contributed by atoms with E-state index >= 15 is 0 Å². The molecule has 0 N–H and O–H groups in total. The summed E-state index contributed by atoms with van der Waals surface area (Å²) in [4.78, 5) is 4.50. The number of aryl methyl sites for hydroxylation is 1. The van der Waals surface area contributed by atoms with E-state index in [1.54, 1.807) is 6.08 Å². The molecule has 15 heavy (non-hydrogen) atoms. The minimum Gasteiger partial charge on any atom is -0.258 e. The van der Waals surface area contributed by atoms with Crippen LogP contribution in [0.4, 0.5) is 0 Å². The van der Waals surface area contributed by atoms with Gasteiger partial charge in [0.25, 0.3) is 0 Å². The lowest BCUT2D eigenvalue weighted by atomic mass is 10.1. The number of rotatable bonds is 3. The third-order valence-electron chi connectivity index (χ3n) is 2.24. The zero-order chi connectivity index (χ0) is 11.3. The van der Waals surface area contributed by atoms with Gasteiger partial charge in [0.2, 0.25) is 0 Å². The Kier molecular flexibility index (Phi) is 4.04. The Morgan fingerprint density at radius 1 is 1.27 bits per heavy atom. The topological polar surface area (TPSA) is 12.4 Å². The molecule has 0 aromatic heterocycles. The summed E-state index contributed by atoms with van der Waals surface area (Å²) in [5.74, 6) is 0. The smallest absolute Gasteiger partial charge is 0.0450 e. The quantitative estimate of drug-likeness (QED) is 0.517. The first-order valence-electron chi connectivity index (χ1n) is 5.05. The molecule has 78 valence electrons. The van der Waals surface area contributed by atoms with E-state index in [4.69, 9.17) is 0 Å². The summed E-state index contributed by atoms with van der Waals surface area (Å²) >= 11 is 0. The van der Waals surface area contributed by atoms with Crippen molar-refractivity contribution in [3.63, 3.8) is 0 Å². The van der Waals surface area contributed by atoms with Crippen molar-refractivity contribution in [3.8, 4) is 0 Å². The monoisotopic (exact) mass is 199 g/mol. The molecule has 0 radical (unpaired) electrons. The summed E-state index contributed by atoms with van der Waals surface area (Å²) < 4.78 is 0. The Bertz CT molecular complexity index is 411. The van der Waals surface area contributed by atoms with Crippen molar-refractivity contribution >= 4 is 5.71 Å². The maximum Gasteiger partial charge on any atom is 0.0450 e. The Morgan fingerprint density at radius 2 is 1.93 bits per heavy atom. The first-order chi connectivity index (χ1) is 7.15. The molecule has 0 atom stereocenters. The highest BCUT2D eigenvalue weighted by atomic mass is 14.7. The van der Waals surface area contributed by atoms with Crippen molar-refractivity contribution in [2.75, 3.05) is 0 Å². The van der Waals surface area contributed by atoms with Gasteiger partial charge in [0, 0.05) is 11.4 Å². The predicted molar refractivity (Wildman–Crippen MR) is 67.3 cm³/mol. The summed E-state index contributed by atoms with van der Waals surface area (Å²) in [5, 5.41) is 0. The van der Waals surface area contributed by atoms with E-state index in [1.807, 2.05) is 32.1 Å². The van der Waals surface area contributed by atoms with Gasteiger partial charge in [-0.2, -0.15) is 0 Å². The van der Waals surface area contributed by atoms with E-state index in [9.17, 15) is 0 Å². The zero-order valence-electron chi connectivity index (χ0n) is 9.62. The van der Waals surface area contributed by atoms with E-state index in [1.165, 1.54) is 11.1 Å². The van der Waals surface area contributed by atoms with Gasteiger partial charge in [0.15, 0.2) is 0 Å². The van der Waals surface area contributed by atoms with Gasteiger partial charge < -0.3 is 0 Å². The summed E-state index contributed by atoms with van der Waals surface area (Å²) in [7, 11) is 0. The number of hydrogen-bond acceptors (Lipinski definition) is 1. The fourth-order valence-corrected chi connectivity index (χ4v) is 1.51. The molecule has 0 amide bonds. The molecule has 0 aliphatic carbocycles. The van der Waals surface area contributed by atoms with Crippen LogP contribution >= 0.6 is 0 Å². The Labute approximate surface area is 91.9 Å². The van der Waals surface area contributed by atoms with Gasteiger partial charge >= 0.3 is 0 Å². The summed E-state index contributed by atoms with van der Waals surface area (Å²) in [6.07, 6.45) is 3.66. The Morgan fingerprint density at radius 3 is 2.53 bits per heavy atom. The molecule has 0 spiro atoms. The number of aliphatic imine (C=N–C) groups is 1. The van der Waals surface area contributed by atoms with E-state index in [0.717, 1.165) is 11.4 Å². The molecule has 0 aliphatic rings. The van der Waals surface area contributed by atoms with E-state index in [-0.39, 0.29) is 0 Å². The first-order valence-corrected chi connectivity index (χ1v) is 5.05. The molecular formula is C14H17N. The molecule has 0 heterocycles. The number of allylic oxidation sites excluding steroid dienone is 3. The average Bonchev–Trinajstić information content (AvgIpc) is 2.18. The maximum absolute atomic E-state index is 4.50. The molecule has 0 fully saturated rings. The highest BCUT2D eigenvalue weighted by Crippen LogP contribution is 2.10. The van der Waals surface area contributed by atoms with Crippen LogP contribution in [-0.4, -0.2) is 5.71 Å². The van der Waals surface area contributed by atoms with E-state index in [0.29, 0.717) is 0 Å². The van der Waals surface area contributed by atoms with Crippen LogP contribution in [0.5, 0.6) is 0 Å². The molecule has 1 rings (SSSR count). The molecule has 0 aliphatic heterocycles. The third kappa shape index (κ3) is 3.21. The van der Waals surface area contributed by atoms with Crippen LogP contribution in [-0.2, 0) is 0 Å². The van der Waals surface area contributed by atoms with Crippen LogP contribution in [0.3, 0.4) is 0 Å². The molecule has 0 unspecified atom stereocenters. The molecule has 1 aromatic rings. The average molecular weight is 199 g/mol. The Hall–Kier alpha value is -1.63. The second-order valence-corrected chi connectivity index (χ2v) is 3.56. The number of hydrogen-bond donors (Lipinski definition) is 0. The van der Waals surface area contributed by atoms with Crippen molar-refractivity contribution in [1.29, 1.82) is 0 Å². The third-order valence-corrected chi connectivity index (χ3v) is 2.24. The van der Waals surface area contributed by atoms with Gasteiger partial charge in [-0.3, -0.25) is 4.99 Å². The molecule has 0 bridgehead atoms. The van der Waals surface area contributed by atoms with Gasteiger partial charge in [-0.1, -0.05) is 36.9 Å². The van der Waals surface area contributed by atoms with Crippen LogP contribution < -0.4 is 0 Å². The molecule has 0 saturated carbocycles. The first kappa shape index (κ1) is 11.4. The van der Waals surface area contributed by atoms with Gasteiger partial charge in [0.05, 0.1) is 0 Å². The van der Waals surface area contributed by atoms with Gasteiger partial charge in [0.1, 0.15) is 0 Å². The predicted octanol–water partition coefficient (Wildman–Crippen LogP) is 3.89. The second kappa shape index (κ2) is 5.30. The van der Waals surface area contributed by atoms with Crippen molar-refractivity contribution < 1.29 is 0 Å². The second-order valence-electron chi connectivity index (χ2n) is 3.56. The number of nitrogens with zero attached hydrogens (tertiary/aromatic N) is 1. The normalized spacial score (nSPS) is 12.7. The van der Waals surface area contributed by atoms with Crippen molar-refractivity contribution in [2.24, 2.45) is 4.99 Å². The highest BCUT2D eigenvalue weighted by molar-refractivity contribution is 6.00. The van der Waals surface area contributed by atoms with Gasteiger partial charge in [-0.05, 0) is 38.0 Å². The van der Waals surface area contributed by atoms with Crippen LogP contribution in [0.2, 0.25) is 0 Å². The lowest BCUT2D eigenvalue weighted by Crippen LogP contribution is -1.97. The maximum atomic E-state index is 4.50. The summed E-state index contributed by atoms with van der Waals surface area (Å²) in [6.45, 7) is 9.76. The van der Waals surface area contributed by atoms with Crippen LogP contribution in [0.25, 0.3) is 0 Å². The Balaban J connectivity index is 3.04. The molecule has 1 nitrogen and oxygen atoms in total. The summed E-state index contributed by atoms with van der Waals surface area (Å²) in [5.41, 5.74) is 4.48. The fourth-order valence-electron chi connectivity index (χ4n) is 1.51. The SMILES string of the molecule is C=C/C=C(\C)N=C(C)c1ccccc1C. The summed E-state index contributed by atoms with van der Waals surface area (Å²) in [6, 6.07) is 8.27. The lowest BCUT2D eigenvalue weighted by Gasteiger charge is -2.04. The number of benzene rings is 1. The minimum absolute atomic E-state index is 0.978. The van der Waals surface area contributed by atoms with Crippen molar-refractivity contribution in [2.45, 2.75) is 20.8 Å². The molecule has 0 saturated heterocycles. The van der Waals surface area contributed by atoms with Gasteiger partial charge in [-0.25, -0.2) is 0 Å². The van der Waals surface area contributed by atoms with Crippen molar-refractivity contribution in [1.82, 2.24) is 0 Å². The van der Waals surface area contributed by atoms with Crippen LogP contribution in [0, 0.1) is 6.92 Å². The lowest BCUT2D eigenvalue weighted by molar-refractivity contribution is 1.28. The van der Waals surface area contributed by atoms with Crippen molar-refractivity contribution in [3.05, 3.63) is 59.8 Å². The van der Waals surface area contributed by atoms with E-state index in [2.05, 4.69) is 30.6 Å². The van der Waals surface area contributed by atoms with E-state index < -0.39 is 0 Å². The fraction of sp³-hybridized carbons (Fsp3) is 0.214. The minimum atomic E-state index is 0.978. The molecule has 1 heteroatoms. The van der Waals surface area contributed by atoms with Gasteiger partial charge in [-0.15, -0.1) is 0 Å². The molecular weight excluding hydrogens is 182 g/mol. The zero-order valence-corrected chi connectivity index (χ0v) is 9.62. The van der Waals surface area contributed by atoms with Crippen LogP contribution in [0.15, 0.2) is 53.7 Å². The largest absolute Gasteiger partial charge is 0.258 e.